The van der Waals surface area contributed by atoms with E-state index in [1.807, 2.05) is 6.07 Å². The number of benzene rings is 1. The van der Waals surface area contributed by atoms with E-state index in [9.17, 15) is 4.79 Å². The third kappa shape index (κ3) is 6.58. The van der Waals surface area contributed by atoms with E-state index in [1.54, 1.807) is 11.8 Å². The van der Waals surface area contributed by atoms with Crippen molar-refractivity contribution in [1.82, 2.24) is 20.1 Å². The van der Waals surface area contributed by atoms with Crippen molar-refractivity contribution >= 4 is 17.7 Å². The van der Waals surface area contributed by atoms with Crippen LogP contribution in [0, 0.1) is 11.8 Å². The molecule has 0 bridgehead atoms. The second-order valence-corrected chi connectivity index (χ2v) is 10.2. The van der Waals surface area contributed by atoms with E-state index in [1.165, 1.54) is 24.0 Å². The van der Waals surface area contributed by atoms with Gasteiger partial charge in [-0.2, -0.15) is 0 Å². The Morgan fingerprint density at radius 2 is 2.00 bits per heavy atom. The Kier molecular flexibility index (Phi) is 7.85. The van der Waals surface area contributed by atoms with Crippen molar-refractivity contribution < 1.29 is 4.79 Å². The fourth-order valence-corrected chi connectivity index (χ4v) is 5.19. The van der Waals surface area contributed by atoms with E-state index in [2.05, 4.69) is 70.3 Å². The lowest BCUT2D eigenvalue weighted by Crippen LogP contribution is -2.25. The number of aromatic nitrogens is 3. The Labute approximate surface area is 195 Å². The van der Waals surface area contributed by atoms with E-state index in [0.29, 0.717) is 12.3 Å². The molecule has 1 saturated carbocycles. The van der Waals surface area contributed by atoms with Gasteiger partial charge in [0, 0.05) is 30.8 Å². The first-order valence-electron chi connectivity index (χ1n) is 11.9. The van der Waals surface area contributed by atoms with Gasteiger partial charge in [0.05, 0.1) is 0 Å². The monoisotopic (exact) mass is 450 g/mol. The van der Waals surface area contributed by atoms with Crippen LogP contribution < -0.4 is 5.32 Å². The molecule has 1 fully saturated rings. The molecule has 0 spiro atoms. The topological polar surface area (TPSA) is 59.8 Å². The number of carbonyl (C=O) groups excluding carboxylic acids is 1. The van der Waals surface area contributed by atoms with Gasteiger partial charge >= 0.3 is 0 Å². The third-order valence-corrected chi connectivity index (χ3v) is 7.04. The van der Waals surface area contributed by atoms with Crippen LogP contribution in [0.5, 0.6) is 0 Å². The summed E-state index contributed by atoms with van der Waals surface area (Å²) in [7, 11) is 0. The number of carbonyl (C=O) groups is 1. The summed E-state index contributed by atoms with van der Waals surface area (Å²) in [4.78, 5) is 12.0. The quantitative estimate of drug-likeness (QED) is 0.362. The SMILES string of the molecule is CC1=CC(C)CC(CSc2nnc(CCCCC(=O)NCC3CC3)n2-c2ccccc2)=C1. The average Bonchev–Trinajstić information content (AvgIpc) is 3.52. The highest BCUT2D eigenvalue weighted by Crippen LogP contribution is 2.30. The van der Waals surface area contributed by atoms with Gasteiger partial charge in [-0.05, 0) is 63.0 Å². The minimum Gasteiger partial charge on any atom is -0.356 e. The highest BCUT2D eigenvalue weighted by molar-refractivity contribution is 7.99. The smallest absolute Gasteiger partial charge is 0.220 e. The first kappa shape index (κ1) is 22.8. The van der Waals surface area contributed by atoms with Gasteiger partial charge in [-0.1, -0.05) is 60.2 Å². The second kappa shape index (κ2) is 11.0. The molecule has 1 unspecified atom stereocenters. The van der Waals surface area contributed by atoms with Crippen molar-refractivity contribution in [1.29, 1.82) is 0 Å². The van der Waals surface area contributed by atoms with E-state index in [-0.39, 0.29) is 5.91 Å². The van der Waals surface area contributed by atoms with Gasteiger partial charge in [0.1, 0.15) is 5.82 Å². The Bertz CT molecular complexity index is 975. The van der Waals surface area contributed by atoms with Gasteiger partial charge in [-0.15, -0.1) is 10.2 Å². The number of para-hydroxylation sites is 1. The highest BCUT2D eigenvalue weighted by atomic mass is 32.2. The predicted octanol–water partition coefficient (Wildman–Crippen LogP) is 5.51. The van der Waals surface area contributed by atoms with Crippen molar-refractivity contribution in [2.45, 2.75) is 63.9 Å². The molecule has 1 aromatic carbocycles. The van der Waals surface area contributed by atoms with E-state index >= 15 is 0 Å². The lowest BCUT2D eigenvalue weighted by Gasteiger charge is -2.17. The summed E-state index contributed by atoms with van der Waals surface area (Å²) in [6.07, 6.45) is 11.5. The average molecular weight is 451 g/mol. The van der Waals surface area contributed by atoms with Crippen molar-refractivity contribution in [3.8, 4) is 5.69 Å². The number of aryl methyl sites for hydroxylation is 1. The van der Waals surface area contributed by atoms with Gasteiger partial charge in [0.2, 0.25) is 5.91 Å². The zero-order valence-electron chi connectivity index (χ0n) is 19.2. The highest BCUT2D eigenvalue weighted by Gasteiger charge is 2.21. The van der Waals surface area contributed by atoms with Crippen molar-refractivity contribution in [3.05, 3.63) is 59.5 Å². The van der Waals surface area contributed by atoms with Gasteiger partial charge in [-0.25, -0.2) is 0 Å². The predicted molar refractivity (Wildman–Crippen MR) is 131 cm³/mol. The Morgan fingerprint density at radius 1 is 1.19 bits per heavy atom. The number of nitrogens with one attached hydrogen (secondary N) is 1. The molecule has 0 saturated heterocycles. The molecule has 6 heteroatoms. The maximum Gasteiger partial charge on any atom is 0.220 e. The lowest BCUT2D eigenvalue weighted by atomic mass is 9.93. The van der Waals surface area contributed by atoms with E-state index in [4.69, 9.17) is 0 Å². The number of rotatable bonds is 11. The molecule has 2 aliphatic carbocycles. The number of hydrogen-bond donors (Lipinski definition) is 1. The van der Waals surface area contributed by atoms with Crippen LogP contribution in [0.15, 0.2) is 58.8 Å². The van der Waals surface area contributed by atoms with Crippen LogP contribution >= 0.6 is 11.8 Å². The number of allylic oxidation sites excluding steroid dienone is 3. The molecule has 32 heavy (non-hydrogen) atoms. The molecule has 5 nitrogen and oxygen atoms in total. The number of unbranched alkanes of at least 4 members (excludes halogenated alkanes) is 1. The maximum atomic E-state index is 12.0. The first-order chi connectivity index (χ1) is 15.6. The zero-order valence-corrected chi connectivity index (χ0v) is 20.0. The van der Waals surface area contributed by atoms with Crippen molar-refractivity contribution in [3.63, 3.8) is 0 Å². The molecule has 1 aromatic heterocycles. The van der Waals surface area contributed by atoms with Gasteiger partial charge in [-0.3, -0.25) is 9.36 Å². The Morgan fingerprint density at radius 3 is 2.75 bits per heavy atom. The van der Waals surface area contributed by atoms with Crippen LogP contribution in [-0.2, 0) is 11.2 Å². The fraction of sp³-hybridized carbons (Fsp3) is 0.500. The largest absolute Gasteiger partial charge is 0.356 e. The summed E-state index contributed by atoms with van der Waals surface area (Å²) in [6, 6.07) is 10.4. The summed E-state index contributed by atoms with van der Waals surface area (Å²) in [5.41, 5.74) is 3.91. The molecule has 0 radical (unpaired) electrons. The summed E-state index contributed by atoms with van der Waals surface area (Å²) in [6.45, 7) is 5.31. The molecular weight excluding hydrogens is 416 g/mol. The molecule has 1 atom stereocenters. The molecule has 1 heterocycles. The Balaban J connectivity index is 1.37. The number of amides is 1. The number of hydrogen-bond acceptors (Lipinski definition) is 4. The molecule has 1 N–H and O–H groups in total. The minimum absolute atomic E-state index is 0.178. The molecule has 1 amide bonds. The van der Waals surface area contributed by atoms with Crippen LogP contribution in [0.4, 0.5) is 0 Å². The number of nitrogens with zero attached hydrogens (tertiary/aromatic N) is 3. The molecule has 2 aliphatic rings. The second-order valence-electron chi connectivity index (χ2n) is 9.21. The minimum atomic E-state index is 0.178. The lowest BCUT2D eigenvalue weighted by molar-refractivity contribution is -0.121. The summed E-state index contributed by atoms with van der Waals surface area (Å²) in [5, 5.41) is 13.1. The maximum absolute atomic E-state index is 12.0. The van der Waals surface area contributed by atoms with Crippen molar-refractivity contribution in [2.24, 2.45) is 11.8 Å². The van der Waals surface area contributed by atoms with Crippen LogP contribution in [0.25, 0.3) is 5.69 Å². The molecule has 4 rings (SSSR count). The molecule has 170 valence electrons. The zero-order chi connectivity index (χ0) is 22.3. The standard InChI is InChI=1S/C26H34N4OS/c1-19-14-20(2)16-22(15-19)18-32-26-29-28-24(30(26)23-8-4-3-5-9-23)10-6-7-11-25(31)27-17-21-12-13-21/h3-5,8-9,14-15,20-21H,6-7,10-13,16-18H2,1-2H3,(H,27,31). The first-order valence-corrected chi connectivity index (χ1v) is 12.8. The van der Waals surface area contributed by atoms with Gasteiger partial charge in [0.15, 0.2) is 5.16 Å². The summed E-state index contributed by atoms with van der Waals surface area (Å²) in [5.74, 6) is 3.41. The van der Waals surface area contributed by atoms with Crippen LogP contribution in [-0.4, -0.2) is 33.0 Å². The number of thioether (sulfide) groups is 1. The van der Waals surface area contributed by atoms with Crippen LogP contribution in [0.1, 0.15) is 58.2 Å². The van der Waals surface area contributed by atoms with Gasteiger partial charge < -0.3 is 5.32 Å². The van der Waals surface area contributed by atoms with E-state index in [0.717, 1.165) is 60.6 Å². The Hall–Kier alpha value is -2.34. The van der Waals surface area contributed by atoms with Gasteiger partial charge in [0.25, 0.3) is 0 Å². The summed E-state index contributed by atoms with van der Waals surface area (Å²) >= 11 is 1.76. The molecule has 0 aliphatic heterocycles. The normalized spacial score (nSPS) is 18.2. The van der Waals surface area contributed by atoms with E-state index < -0.39 is 0 Å². The van der Waals surface area contributed by atoms with Crippen LogP contribution in [0.2, 0.25) is 0 Å². The molecular formula is C26H34N4OS. The van der Waals surface area contributed by atoms with Crippen molar-refractivity contribution in [2.75, 3.05) is 12.3 Å². The fourth-order valence-electron chi connectivity index (χ4n) is 4.24. The van der Waals surface area contributed by atoms with Crippen LogP contribution in [0.3, 0.4) is 0 Å². The third-order valence-electron chi connectivity index (χ3n) is 6.00. The summed E-state index contributed by atoms with van der Waals surface area (Å²) < 4.78 is 2.19. The molecule has 2 aromatic rings.